The number of imidazole rings is 1. The number of hydrogen-bond donors (Lipinski definition) is 1. The molecule has 5 atom stereocenters. The maximum absolute atomic E-state index is 14.2. The number of pyridine rings is 1. The molecule has 3 fully saturated rings. The Morgan fingerprint density at radius 2 is 1.82 bits per heavy atom. The van der Waals surface area contributed by atoms with Crippen molar-refractivity contribution < 1.29 is 13.2 Å². The molecule has 2 saturated carbocycles. The quantitative estimate of drug-likeness (QED) is 0.439. The molecule has 38 heavy (non-hydrogen) atoms. The molecule has 6 nitrogen and oxygen atoms in total. The number of halogens is 3. The molecule has 0 amide bonds. The van der Waals surface area contributed by atoms with Gasteiger partial charge in [-0.3, -0.25) is 18.8 Å². The van der Waals surface area contributed by atoms with E-state index in [0.717, 1.165) is 45.2 Å². The van der Waals surface area contributed by atoms with Gasteiger partial charge in [-0.05, 0) is 82.6 Å². The van der Waals surface area contributed by atoms with Gasteiger partial charge in [-0.25, -0.2) is 4.79 Å². The van der Waals surface area contributed by atoms with Crippen LogP contribution in [0.2, 0.25) is 0 Å². The number of fused-ring (bicyclic) bond motifs is 1. The summed E-state index contributed by atoms with van der Waals surface area (Å²) in [7, 11) is 4.19. The van der Waals surface area contributed by atoms with Gasteiger partial charge in [0.05, 0.1) is 17.2 Å². The van der Waals surface area contributed by atoms with Crippen LogP contribution < -0.4 is 11.0 Å². The largest absolute Gasteiger partial charge is 0.418 e. The lowest BCUT2D eigenvalue weighted by Crippen LogP contribution is -2.53. The first-order valence-corrected chi connectivity index (χ1v) is 14.6. The number of rotatable bonds is 9. The molecule has 0 bridgehead atoms. The van der Waals surface area contributed by atoms with Gasteiger partial charge in [-0.2, -0.15) is 13.2 Å². The summed E-state index contributed by atoms with van der Waals surface area (Å²) in [5.41, 5.74) is -0.536. The smallest absolute Gasteiger partial charge is 0.305 e. The van der Waals surface area contributed by atoms with Crippen LogP contribution in [0.25, 0.3) is 5.52 Å². The van der Waals surface area contributed by atoms with Crippen molar-refractivity contribution in [1.82, 2.24) is 24.1 Å². The monoisotopic (exact) mass is 535 g/mol. The van der Waals surface area contributed by atoms with Crippen molar-refractivity contribution in [2.45, 2.75) is 96.2 Å². The lowest BCUT2D eigenvalue weighted by atomic mass is 9.64. The van der Waals surface area contributed by atoms with Gasteiger partial charge < -0.3 is 5.32 Å². The fourth-order valence-corrected chi connectivity index (χ4v) is 7.31. The second-order valence-electron chi connectivity index (χ2n) is 12.1. The predicted octanol–water partition coefficient (Wildman–Crippen LogP) is 5.36. The van der Waals surface area contributed by atoms with Gasteiger partial charge in [0.25, 0.3) is 0 Å². The first-order chi connectivity index (χ1) is 18.1. The van der Waals surface area contributed by atoms with Crippen molar-refractivity contribution in [3.63, 3.8) is 0 Å². The van der Waals surface area contributed by atoms with Gasteiger partial charge in [0.2, 0.25) is 0 Å². The Labute approximate surface area is 224 Å². The van der Waals surface area contributed by atoms with Crippen LogP contribution in [0.4, 0.5) is 13.2 Å². The van der Waals surface area contributed by atoms with Crippen molar-refractivity contribution in [2.24, 2.45) is 17.8 Å². The van der Waals surface area contributed by atoms with E-state index in [0.29, 0.717) is 35.9 Å². The Bertz CT molecular complexity index is 1170. The predicted molar refractivity (Wildman–Crippen MR) is 144 cm³/mol. The first-order valence-electron chi connectivity index (χ1n) is 14.6. The normalized spacial score (nSPS) is 26.9. The number of alkyl halides is 3. The molecule has 0 radical (unpaired) electrons. The van der Waals surface area contributed by atoms with Crippen molar-refractivity contribution in [3.05, 3.63) is 40.1 Å². The number of nitrogens with zero attached hydrogens (tertiary/aromatic N) is 4. The molecular weight excluding hydrogens is 491 g/mol. The van der Waals surface area contributed by atoms with Crippen LogP contribution >= 0.6 is 0 Å². The van der Waals surface area contributed by atoms with Crippen LogP contribution in [0.3, 0.4) is 0 Å². The molecule has 2 aromatic rings. The van der Waals surface area contributed by atoms with Crippen molar-refractivity contribution >= 4 is 5.52 Å². The van der Waals surface area contributed by atoms with Crippen molar-refractivity contribution in [1.29, 1.82) is 0 Å². The molecule has 212 valence electrons. The summed E-state index contributed by atoms with van der Waals surface area (Å²) in [6.07, 6.45) is 7.46. The molecule has 1 saturated heterocycles. The minimum absolute atomic E-state index is 0.0283. The third kappa shape index (κ3) is 5.18. The molecule has 0 spiro atoms. The highest BCUT2D eigenvalue weighted by Crippen LogP contribution is 2.46. The van der Waals surface area contributed by atoms with Gasteiger partial charge in [0, 0.05) is 37.6 Å². The fourth-order valence-electron chi connectivity index (χ4n) is 7.31. The van der Waals surface area contributed by atoms with E-state index >= 15 is 0 Å². The summed E-state index contributed by atoms with van der Waals surface area (Å²) >= 11 is 0. The Morgan fingerprint density at radius 3 is 2.37 bits per heavy atom. The number of likely N-dealkylation sites (tertiary alicyclic amines) is 1. The summed E-state index contributed by atoms with van der Waals surface area (Å²) in [5.74, 6) is 1.58. The molecule has 2 aliphatic carbocycles. The molecule has 9 heteroatoms. The summed E-state index contributed by atoms with van der Waals surface area (Å²) in [5, 5.41) is 3.57. The van der Waals surface area contributed by atoms with Gasteiger partial charge in [0.15, 0.2) is 0 Å². The zero-order valence-corrected chi connectivity index (χ0v) is 23.3. The van der Waals surface area contributed by atoms with Gasteiger partial charge in [-0.15, -0.1) is 0 Å². The van der Waals surface area contributed by atoms with E-state index in [4.69, 9.17) is 0 Å². The van der Waals surface area contributed by atoms with Crippen LogP contribution in [0.15, 0.2) is 23.3 Å². The van der Waals surface area contributed by atoms with Crippen molar-refractivity contribution in [2.75, 3.05) is 27.2 Å². The van der Waals surface area contributed by atoms with E-state index in [1.54, 1.807) is 10.8 Å². The third-order valence-corrected chi connectivity index (χ3v) is 9.95. The molecule has 2 aromatic heterocycles. The number of nitrogens with one attached hydrogen (secondary N) is 1. The molecule has 3 aliphatic rings. The third-order valence-electron chi connectivity index (χ3n) is 9.95. The lowest BCUT2D eigenvalue weighted by Gasteiger charge is -2.48. The minimum atomic E-state index is -4.52. The molecule has 1 aliphatic heterocycles. The average molecular weight is 536 g/mol. The van der Waals surface area contributed by atoms with E-state index in [1.807, 2.05) is 7.05 Å². The average Bonchev–Trinajstić information content (AvgIpc) is 3.20. The summed E-state index contributed by atoms with van der Waals surface area (Å²) < 4.78 is 45.4. The van der Waals surface area contributed by atoms with E-state index in [1.165, 1.54) is 35.9 Å². The highest BCUT2D eigenvalue weighted by Gasteiger charge is 2.42. The Morgan fingerprint density at radius 1 is 1.11 bits per heavy atom. The topological polar surface area (TPSA) is 44.9 Å². The standard InChI is InChI=1S/C29H44F3N5O/c1-5-34(4)27(33-3)26(21-8-6-9-21)22-10-7-11-23(15-22)36-18-25-24(29(30,31)32)14-20(17-37(25)28(36)38)16-35-13-12-19(35)2/h14,17-19,21-23,26-27,33H,5-13,15-16H2,1-4H3/t19-,22+,23?,26?,27?/m1/s1. The first kappa shape index (κ1) is 27.7. The Hall–Kier alpha value is -1.84. The highest BCUT2D eigenvalue weighted by molar-refractivity contribution is 5.56. The van der Waals surface area contributed by atoms with Crippen LogP contribution in [0.1, 0.15) is 82.4 Å². The van der Waals surface area contributed by atoms with Crippen molar-refractivity contribution in [3.8, 4) is 0 Å². The second-order valence-corrected chi connectivity index (χ2v) is 12.1. The zero-order valence-electron chi connectivity index (χ0n) is 23.3. The second kappa shape index (κ2) is 11.0. The van der Waals surface area contributed by atoms with E-state index in [-0.39, 0.29) is 23.4 Å². The van der Waals surface area contributed by atoms with Gasteiger partial charge >= 0.3 is 11.9 Å². The van der Waals surface area contributed by atoms with E-state index in [2.05, 4.69) is 36.0 Å². The van der Waals surface area contributed by atoms with Crippen LogP contribution in [0.5, 0.6) is 0 Å². The maximum atomic E-state index is 14.2. The summed E-state index contributed by atoms with van der Waals surface area (Å²) in [6.45, 7) is 6.52. The molecular formula is C29H44F3N5O. The van der Waals surface area contributed by atoms with E-state index in [9.17, 15) is 18.0 Å². The van der Waals surface area contributed by atoms with Crippen LogP contribution in [0, 0.1) is 17.8 Å². The SMILES string of the molecule is CCN(C)C(NC)C(C1CCC1)[C@H]1CCCC(n2cc3c(C(F)(F)F)cc(CN4CC[C@H]4C)cn3c2=O)C1. The number of aromatic nitrogens is 2. The maximum Gasteiger partial charge on any atom is 0.418 e. The van der Waals surface area contributed by atoms with E-state index < -0.39 is 11.7 Å². The fraction of sp³-hybridized carbons (Fsp3) is 0.759. The van der Waals surface area contributed by atoms with Crippen LogP contribution in [-0.2, 0) is 12.7 Å². The molecule has 3 heterocycles. The summed E-state index contributed by atoms with van der Waals surface area (Å²) in [6, 6.07) is 1.53. The lowest BCUT2D eigenvalue weighted by molar-refractivity contribution is -0.136. The molecule has 5 rings (SSSR count). The zero-order chi connectivity index (χ0) is 27.2. The molecule has 0 aromatic carbocycles. The van der Waals surface area contributed by atoms with Crippen LogP contribution in [-0.4, -0.2) is 58.2 Å². The minimum Gasteiger partial charge on any atom is -0.305 e. The highest BCUT2D eigenvalue weighted by atomic mass is 19.4. The Balaban J connectivity index is 1.47. The van der Waals surface area contributed by atoms with Gasteiger partial charge in [-0.1, -0.05) is 32.6 Å². The molecule has 1 N–H and O–H groups in total. The summed E-state index contributed by atoms with van der Waals surface area (Å²) in [4.78, 5) is 18.2. The van der Waals surface area contributed by atoms with Gasteiger partial charge in [0.1, 0.15) is 0 Å². The molecule has 3 unspecified atom stereocenters. The Kier molecular flexibility index (Phi) is 8.00. The number of hydrogen-bond acceptors (Lipinski definition) is 4.